The summed E-state index contributed by atoms with van der Waals surface area (Å²) in [5.41, 5.74) is 0. The maximum absolute atomic E-state index is 12.6. The molecule has 1 heterocycles. The molecule has 1 saturated carbocycles. The normalized spacial score (nSPS) is 25.4. The quantitative estimate of drug-likeness (QED) is 0.830. The predicted molar refractivity (Wildman–Crippen MR) is 62.1 cm³/mol. The van der Waals surface area contributed by atoms with E-state index in [-0.39, 0.29) is 0 Å². The average Bonchev–Trinajstić information content (AvgIpc) is 2.28. The molecule has 1 aliphatic carbocycles. The first-order valence-corrected chi connectivity index (χ1v) is 6.03. The SMILES string of the molecule is Fc1cnc(NCC2CCCC(Cl)C2)nc1. The molecule has 0 spiro atoms. The Morgan fingerprint density at radius 3 is 2.81 bits per heavy atom. The highest BCUT2D eigenvalue weighted by Crippen LogP contribution is 2.27. The monoisotopic (exact) mass is 243 g/mol. The largest absolute Gasteiger partial charge is 0.354 e. The zero-order chi connectivity index (χ0) is 11.4. The van der Waals surface area contributed by atoms with Gasteiger partial charge in [-0.15, -0.1) is 11.6 Å². The number of nitrogens with zero attached hydrogens (tertiary/aromatic N) is 2. The van der Waals surface area contributed by atoms with Crippen molar-refractivity contribution in [1.29, 1.82) is 0 Å². The van der Waals surface area contributed by atoms with Crippen molar-refractivity contribution in [2.24, 2.45) is 5.92 Å². The number of nitrogens with one attached hydrogen (secondary N) is 1. The zero-order valence-electron chi connectivity index (χ0n) is 9.00. The van der Waals surface area contributed by atoms with E-state index in [0.717, 1.165) is 19.4 Å². The molecule has 5 heteroatoms. The predicted octanol–water partition coefficient (Wildman–Crippen LogP) is 2.83. The Hall–Kier alpha value is -0.900. The van der Waals surface area contributed by atoms with Gasteiger partial charge in [0.2, 0.25) is 5.95 Å². The van der Waals surface area contributed by atoms with Crippen LogP contribution in [0.1, 0.15) is 25.7 Å². The molecular formula is C11H15ClFN3. The maximum atomic E-state index is 12.6. The van der Waals surface area contributed by atoms with Gasteiger partial charge in [-0.2, -0.15) is 0 Å². The molecular weight excluding hydrogens is 229 g/mol. The Kier molecular flexibility index (Phi) is 3.93. The van der Waals surface area contributed by atoms with Gasteiger partial charge in [-0.05, 0) is 25.2 Å². The summed E-state index contributed by atoms with van der Waals surface area (Å²) in [5.74, 6) is 0.645. The number of alkyl halides is 1. The number of halogens is 2. The van der Waals surface area contributed by atoms with E-state index < -0.39 is 5.82 Å². The van der Waals surface area contributed by atoms with E-state index in [9.17, 15) is 4.39 Å². The minimum absolute atomic E-state index is 0.301. The second-order valence-corrected chi connectivity index (χ2v) is 4.85. The van der Waals surface area contributed by atoms with Crippen LogP contribution in [0.3, 0.4) is 0 Å². The van der Waals surface area contributed by atoms with Crippen LogP contribution in [0.15, 0.2) is 12.4 Å². The van der Waals surface area contributed by atoms with Gasteiger partial charge in [-0.3, -0.25) is 0 Å². The van der Waals surface area contributed by atoms with Crippen LogP contribution in [0.25, 0.3) is 0 Å². The van der Waals surface area contributed by atoms with Crippen molar-refractivity contribution >= 4 is 17.5 Å². The molecule has 0 aliphatic heterocycles. The van der Waals surface area contributed by atoms with Crippen LogP contribution < -0.4 is 5.32 Å². The third-order valence-electron chi connectivity index (χ3n) is 2.89. The van der Waals surface area contributed by atoms with Crippen molar-refractivity contribution in [3.63, 3.8) is 0 Å². The summed E-state index contributed by atoms with van der Waals surface area (Å²) in [6.07, 6.45) is 6.87. The molecule has 2 unspecified atom stereocenters. The molecule has 88 valence electrons. The summed E-state index contributed by atoms with van der Waals surface area (Å²) in [7, 11) is 0. The molecule has 2 atom stereocenters. The lowest BCUT2D eigenvalue weighted by atomic mass is 9.89. The van der Waals surface area contributed by atoms with E-state index in [1.807, 2.05) is 0 Å². The van der Waals surface area contributed by atoms with Crippen LogP contribution in [0.2, 0.25) is 0 Å². The van der Waals surface area contributed by atoms with Crippen molar-refractivity contribution in [3.05, 3.63) is 18.2 Å². The van der Waals surface area contributed by atoms with Crippen molar-refractivity contribution in [3.8, 4) is 0 Å². The molecule has 16 heavy (non-hydrogen) atoms. The number of rotatable bonds is 3. The van der Waals surface area contributed by atoms with Gasteiger partial charge < -0.3 is 5.32 Å². The van der Waals surface area contributed by atoms with Gasteiger partial charge in [0.05, 0.1) is 12.4 Å². The summed E-state index contributed by atoms with van der Waals surface area (Å²) < 4.78 is 12.6. The molecule has 2 rings (SSSR count). The molecule has 1 aromatic rings. The molecule has 3 nitrogen and oxygen atoms in total. The van der Waals surface area contributed by atoms with E-state index in [1.54, 1.807) is 0 Å². The van der Waals surface area contributed by atoms with Gasteiger partial charge in [0, 0.05) is 11.9 Å². The van der Waals surface area contributed by atoms with Crippen LogP contribution in [0, 0.1) is 11.7 Å². The minimum Gasteiger partial charge on any atom is -0.354 e. The molecule has 1 aromatic heterocycles. The van der Waals surface area contributed by atoms with Crippen LogP contribution in [-0.2, 0) is 0 Å². The molecule has 0 bridgehead atoms. The highest BCUT2D eigenvalue weighted by atomic mass is 35.5. The minimum atomic E-state index is -0.413. The van der Waals surface area contributed by atoms with Crippen molar-refractivity contribution in [1.82, 2.24) is 9.97 Å². The van der Waals surface area contributed by atoms with Crippen molar-refractivity contribution in [2.75, 3.05) is 11.9 Å². The lowest BCUT2D eigenvalue weighted by Gasteiger charge is -2.25. The third kappa shape index (κ3) is 3.30. The van der Waals surface area contributed by atoms with E-state index in [0.29, 0.717) is 17.2 Å². The first kappa shape index (κ1) is 11.6. The van der Waals surface area contributed by atoms with Gasteiger partial charge in [0.25, 0.3) is 0 Å². The Bertz CT molecular complexity index is 331. The Labute approximate surface area is 99.4 Å². The number of anilines is 1. The van der Waals surface area contributed by atoms with E-state index in [2.05, 4.69) is 15.3 Å². The van der Waals surface area contributed by atoms with Crippen LogP contribution in [-0.4, -0.2) is 21.9 Å². The Balaban J connectivity index is 1.80. The van der Waals surface area contributed by atoms with Crippen LogP contribution in [0.5, 0.6) is 0 Å². The lowest BCUT2D eigenvalue weighted by Crippen LogP contribution is -2.23. The fourth-order valence-electron chi connectivity index (χ4n) is 2.05. The molecule has 0 radical (unpaired) electrons. The zero-order valence-corrected chi connectivity index (χ0v) is 9.75. The summed E-state index contributed by atoms with van der Waals surface area (Å²) in [6.45, 7) is 0.814. The van der Waals surface area contributed by atoms with Crippen LogP contribution >= 0.6 is 11.6 Å². The van der Waals surface area contributed by atoms with E-state index in [4.69, 9.17) is 11.6 Å². The first-order valence-electron chi connectivity index (χ1n) is 5.59. The fraction of sp³-hybridized carbons (Fsp3) is 0.636. The Morgan fingerprint density at radius 1 is 1.38 bits per heavy atom. The molecule has 1 N–H and O–H groups in total. The number of hydrogen-bond donors (Lipinski definition) is 1. The number of aromatic nitrogens is 2. The summed E-state index contributed by atoms with van der Waals surface area (Å²) in [4.78, 5) is 7.70. The Morgan fingerprint density at radius 2 is 2.12 bits per heavy atom. The molecule has 0 aromatic carbocycles. The highest BCUT2D eigenvalue weighted by molar-refractivity contribution is 6.20. The topological polar surface area (TPSA) is 37.8 Å². The van der Waals surface area contributed by atoms with Gasteiger partial charge in [-0.1, -0.05) is 6.42 Å². The smallest absolute Gasteiger partial charge is 0.222 e. The number of hydrogen-bond acceptors (Lipinski definition) is 3. The van der Waals surface area contributed by atoms with Crippen molar-refractivity contribution < 1.29 is 4.39 Å². The second kappa shape index (κ2) is 5.43. The second-order valence-electron chi connectivity index (χ2n) is 4.24. The van der Waals surface area contributed by atoms with Crippen molar-refractivity contribution in [2.45, 2.75) is 31.1 Å². The first-order chi connectivity index (χ1) is 7.74. The summed E-state index contributed by atoms with van der Waals surface area (Å²) in [5, 5.41) is 3.42. The summed E-state index contributed by atoms with van der Waals surface area (Å²) in [6, 6.07) is 0. The fourth-order valence-corrected chi connectivity index (χ4v) is 2.46. The van der Waals surface area contributed by atoms with E-state index >= 15 is 0 Å². The van der Waals surface area contributed by atoms with Gasteiger partial charge in [0.15, 0.2) is 5.82 Å². The lowest BCUT2D eigenvalue weighted by molar-refractivity contribution is 0.378. The molecule has 1 fully saturated rings. The molecule has 0 amide bonds. The standard InChI is InChI=1S/C11H15ClFN3/c12-9-3-1-2-8(4-9)5-14-11-15-6-10(13)7-16-11/h6-9H,1-5H2,(H,14,15,16). The van der Waals surface area contributed by atoms with Gasteiger partial charge in [-0.25, -0.2) is 14.4 Å². The summed E-state index contributed by atoms with van der Waals surface area (Å²) >= 11 is 6.11. The van der Waals surface area contributed by atoms with E-state index in [1.165, 1.54) is 25.2 Å². The maximum Gasteiger partial charge on any atom is 0.222 e. The highest BCUT2D eigenvalue weighted by Gasteiger charge is 2.20. The van der Waals surface area contributed by atoms with Gasteiger partial charge in [0.1, 0.15) is 0 Å². The van der Waals surface area contributed by atoms with Gasteiger partial charge >= 0.3 is 0 Å². The molecule has 1 aliphatic rings. The third-order valence-corrected chi connectivity index (χ3v) is 3.28. The average molecular weight is 244 g/mol. The van der Waals surface area contributed by atoms with Crippen LogP contribution in [0.4, 0.5) is 10.3 Å². The molecule has 0 saturated heterocycles.